The van der Waals surface area contributed by atoms with E-state index in [1.54, 1.807) is 11.3 Å². The maximum Gasteiger partial charge on any atom is 0.229 e. The highest BCUT2D eigenvalue weighted by atomic mass is 32.1. The second kappa shape index (κ2) is 7.47. The van der Waals surface area contributed by atoms with E-state index in [1.165, 1.54) is 16.8 Å². The quantitative estimate of drug-likeness (QED) is 0.661. The summed E-state index contributed by atoms with van der Waals surface area (Å²) in [6, 6.07) is 6.31. The summed E-state index contributed by atoms with van der Waals surface area (Å²) < 4.78 is 0. The maximum atomic E-state index is 12.2. The average Bonchev–Trinajstić information content (AvgIpc) is 3.45. The van der Waals surface area contributed by atoms with Crippen molar-refractivity contribution in [2.75, 3.05) is 16.8 Å². The Hall–Kier alpha value is -2.80. The van der Waals surface area contributed by atoms with Crippen LogP contribution >= 0.6 is 11.3 Å². The van der Waals surface area contributed by atoms with Gasteiger partial charge in [0.1, 0.15) is 0 Å². The largest absolute Gasteiger partial charge is 0.312 e. The van der Waals surface area contributed by atoms with Gasteiger partial charge in [-0.3, -0.25) is 4.79 Å². The molecule has 30 heavy (non-hydrogen) atoms. The summed E-state index contributed by atoms with van der Waals surface area (Å²) in [6.45, 7) is 6.83. The Labute approximate surface area is 180 Å². The van der Waals surface area contributed by atoms with Crippen LogP contribution < -0.4 is 10.2 Å². The van der Waals surface area contributed by atoms with Gasteiger partial charge in [-0.1, -0.05) is 13.0 Å². The van der Waals surface area contributed by atoms with Crippen LogP contribution in [0, 0.1) is 13.8 Å². The van der Waals surface area contributed by atoms with E-state index in [0.717, 1.165) is 64.9 Å². The van der Waals surface area contributed by atoms with Crippen molar-refractivity contribution >= 4 is 34.0 Å². The number of aromatic nitrogens is 3. The Morgan fingerprint density at radius 2 is 2.03 bits per heavy atom. The number of nitrogens with one attached hydrogen (secondary N) is 1. The number of amides is 1. The smallest absolute Gasteiger partial charge is 0.229 e. The first kappa shape index (κ1) is 19.2. The van der Waals surface area contributed by atoms with Crippen molar-refractivity contribution in [1.29, 1.82) is 0 Å². The molecule has 154 valence electrons. The Kier molecular flexibility index (Phi) is 4.77. The van der Waals surface area contributed by atoms with E-state index in [9.17, 15) is 4.79 Å². The molecule has 1 N–H and O–H groups in total. The SMILES string of the molecule is CCC(=O)N1CCc2cc(-c3nc(Nc4nc(C)c5c(n4)CCC5)sc3C)ccc21. The fraction of sp³-hybridized carbons (Fsp3) is 0.391. The monoisotopic (exact) mass is 419 g/mol. The highest BCUT2D eigenvalue weighted by Gasteiger charge is 2.24. The molecule has 0 atom stereocenters. The molecule has 1 aliphatic heterocycles. The predicted molar refractivity (Wildman–Crippen MR) is 121 cm³/mol. The van der Waals surface area contributed by atoms with Gasteiger partial charge in [-0.2, -0.15) is 0 Å². The lowest BCUT2D eigenvalue weighted by molar-refractivity contribution is -0.118. The number of rotatable bonds is 4. The van der Waals surface area contributed by atoms with Crippen LogP contribution in [0.2, 0.25) is 0 Å². The van der Waals surface area contributed by atoms with Crippen LogP contribution in [0.25, 0.3) is 11.3 Å². The van der Waals surface area contributed by atoms with Crippen LogP contribution in [0.5, 0.6) is 0 Å². The molecular weight excluding hydrogens is 394 g/mol. The predicted octanol–water partition coefficient (Wildman–Crippen LogP) is 4.75. The van der Waals surface area contributed by atoms with Crippen LogP contribution in [0.15, 0.2) is 18.2 Å². The zero-order valence-corrected chi connectivity index (χ0v) is 18.4. The van der Waals surface area contributed by atoms with E-state index in [-0.39, 0.29) is 5.91 Å². The average molecular weight is 420 g/mol. The molecule has 0 radical (unpaired) electrons. The van der Waals surface area contributed by atoms with E-state index in [2.05, 4.69) is 42.3 Å². The van der Waals surface area contributed by atoms with Crippen molar-refractivity contribution in [2.24, 2.45) is 0 Å². The van der Waals surface area contributed by atoms with Crippen LogP contribution in [0.3, 0.4) is 0 Å². The number of aryl methyl sites for hydroxylation is 3. The molecule has 2 aromatic heterocycles. The third-order valence-corrected chi connectivity index (χ3v) is 6.89. The molecule has 3 aromatic rings. The third-order valence-electron chi connectivity index (χ3n) is 6.01. The lowest BCUT2D eigenvalue weighted by Crippen LogP contribution is -2.27. The van der Waals surface area contributed by atoms with E-state index in [1.807, 2.05) is 11.8 Å². The molecule has 1 aromatic carbocycles. The van der Waals surface area contributed by atoms with Crippen molar-refractivity contribution < 1.29 is 4.79 Å². The number of nitrogens with zero attached hydrogens (tertiary/aromatic N) is 4. The number of fused-ring (bicyclic) bond motifs is 2. The molecule has 0 bridgehead atoms. The number of anilines is 3. The summed E-state index contributed by atoms with van der Waals surface area (Å²) in [7, 11) is 0. The summed E-state index contributed by atoms with van der Waals surface area (Å²) in [5, 5.41) is 4.13. The van der Waals surface area contributed by atoms with Gasteiger partial charge in [0, 0.05) is 40.5 Å². The molecule has 0 saturated heterocycles. The number of benzene rings is 1. The molecule has 0 unspecified atom stereocenters. The van der Waals surface area contributed by atoms with Crippen LogP contribution in [0.1, 0.15) is 47.2 Å². The molecule has 1 amide bonds. The summed E-state index contributed by atoms with van der Waals surface area (Å²) >= 11 is 1.62. The Morgan fingerprint density at radius 1 is 1.17 bits per heavy atom. The van der Waals surface area contributed by atoms with Gasteiger partial charge in [-0.05, 0) is 62.8 Å². The fourth-order valence-corrected chi connectivity index (χ4v) is 5.32. The minimum absolute atomic E-state index is 0.183. The van der Waals surface area contributed by atoms with Gasteiger partial charge in [0.2, 0.25) is 11.9 Å². The first-order chi connectivity index (χ1) is 14.5. The molecule has 2 aliphatic rings. The number of thiazole rings is 1. The van der Waals surface area contributed by atoms with Gasteiger partial charge in [0.25, 0.3) is 0 Å². The third kappa shape index (κ3) is 3.27. The van der Waals surface area contributed by atoms with Crippen LogP contribution in [0.4, 0.5) is 16.8 Å². The summed E-state index contributed by atoms with van der Waals surface area (Å²) in [6.07, 6.45) is 4.70. The zero-order valence-electron chi connectivity index (χ0n) is 17.6. The molecule has 5 rings (SSSR count). The molecule has 0 spiro atoms. The van der Waals surface area contributed by atoms with Gasteiger partial charge in [-0.25, -0.2) is 15.0 Å². The fourth-order valence-electron chi connectivity index (χ4n) is 4.49. The van der Waals surface area contributed by atoms with Crippen molar-refractivity contribution in [3.63, 3.8) is 0 Å². The normalized spacial score (nSPS) is 14.7. The van der Waals surface area contributed by atoms with Gasteiger partial charge >= 0.3 is 0 Å². The van der Waals surface area contributed by atoms with Gasteiger partial charge in [0.15, 0.2) is 5.13 Å². The molecule has 6 nitrogen and oxygen atoms in total. The van der Waals surface area contributed by atoms with Crippen molar-refractivity contribution in [3.8, 4) is 11.3 Å². The Balaban J connectivity index is 1.41. The summed E-state index contributed by atoms with van der Waals surface area (Å²) in [5.41, 5.74) is 7.87. The second-order valence-electron chi connectivity index (χ2n) is 7.95. The summed E-state index contributed by atoms with van der Waals surface area (Å²) in [4.78, 5) is 29.4. The number of hydrogen-bond acceptors (Lipinski definition) is 6. The topological polar surface area (TPSA) is 71.0 Å². The molecule has 1 aliphatic carbocycles. The molecular formula is C23H25N5OS. The minimum atomic E-state index is 0.183. The first-order valence-corrected chi connectivity index (χ1v) is 11.4. The van der Waals surface area contributed by atoms with E-state index < -0.39 is 0 Å². The van der Waals surface area contributed by atoms with E-state index in [0.29, 0.717) is 12.4 Å². The lowest BCUT2D eigenvalue weighted by atomic mass is 10.1. The van der Waals surface area contributed by atoms with E-state index >= 15 is 0 Å². The summed E-state index contributed by atoms with van der Waals surface area (Å²) in [5.74, 6) is 0.818. The Morgan fingerprint density at radius 3 is 2.87 bits per heavy atom. The minimum Gasteiger partial charge on any atom is -0.312 e. The Bertz CT molecular complexity index is 1150. The number of hydrogen-bond donors (Lipinski definition) is 1. The number of carbonyl (C=O) groups is 1. The molecule has 0 saturated carbocycles. The lowest BCUT2D eigenvalue weighted by Gasteiger charge is -2.16. The number of carbonyl (C=O) groups excluding carboxylic acids is 1. The highest BCUT2D eigenvalue weighted by Crippen LogP contribution is 2.36. The van der Waals surface area contributed by atoms with Gasteiger partial charge in [0.05, 0.1) is 5.69 Å². The van der Waals surface area contributed by atoms with Crippen molar-refractivity contribution in [2.45, 2.75) is 52.9 Å². The maximum absolute atomic E-state index is 12.2. The first-order valence-electron chi connectivity index (χ1n) is 10.6. The standard InChI is InChI=1S/C23H25N5OS/c1-4-20(29)28-11-10-15-12-16(8-9-19(15)28)21-14(3)30-23(26-21)27-22-24-13(2)17-6-5-7-18(17)25-22/h8-9,12H,4-7,10-11H2,1-3H3,(H,24,25,26,27). The van der Waals surface area contributed by atoms with Crippen molar-refractivity contribution in [1.82, 2.24) is 15.0 Å². The highest BCUT2D eigenvalue weighted by molar-refractivity contribution is 7.16. The molecule has 3 heterocycles. The van der Waals surface area contributed by atoms with Crippen molar-refractivity contribution in [3.05, 3.63) is 45.6 Å². The second-order valence-corrected chi connectivity index (χ2v) is 9.16. The zero-order chi connectivity index (χ0) is 20.8. The van der Waals surface area contributed by atoms with Crippen LogP contribution in [-0.2, 0) is 24.1 Å². The molecule has 0 fully saturated rings. The van der Waals surface area contributed by atoms with Gasteiger partial charge < -0.3 is 10.2 Å². The van der Waals surface area contributed by atoms with E-state index in [4.69, 9.17) is 9.97 Å². The molecule has 7 heteroatoms. The van der Waals surface area contributed by atoms with Gasteiger partial charge in [-0.15, -0.1) is 11.3 Å². The van der Waals surface area contributed by atoms with Crippen LogP contribution in [-0.4, -0.2) is 27.4 Å².